The van der Waals surface area contributed by atoms with Crippen molar-refractivity contribution in [3.63, 3.8) is 0 Å². The standard InChI is InChI=1S/C15H15F3N2O2/c16-15(17,18)11-4-2-1-3-10(11)13(22)19-7-12(21)20-8-14(9-20)5-6-14/h1-4H,5-9H2,(H,19,22). The lowest BCUT2D eigenvalue weighted by Crippen LogP contribution is -2.54. The molecule has 118 valence electrons. The average molecular weight is 312 g/mol. The van der Waals surface area contributed by atoms with Gasteiger partial charge < -0.3 is 10.2 Å². The van der Waals surface area contributed by atoms with E-state index in [1.807, 2.05) is 0 Å². The Balaban J connectivity index is 1.59. The first-order valence-electron chi connectivity index (χ1n) is 7.03. The van der Waals surface area contributed by atoms with Crippen LogP contribution < -0.4 is 5.32 Å². The molecule has 1 aliphatic heterocycles. The molecule has 1 saturated heterocycles. The van der Waals surface area contributed by atoms with Crippen LogP contribution in [0, 0.1) is 5.41 Å². The van der Waals surface area contributed by atoms with Crippen molar-refractivity contribution in [1.29, 1.82) is 0 Å². The molecule has 2 aliphatic rings. The normalized spacial score (nSPS) is 18.8. The van der Waals surface area contributed by atoms with Gasteiger partial charge in [0, 0.05) is 18.5 Å². The molecule has 1 heterocycles. The zero-order valence-corrected chi connectivity index (χ0v) is 11.7. The van der Waals surface area contributed by atoms with Gasteiger partial charge in [-0.3, -0.25) is 9.59 Å². The second-order valence-electron chi connectivity index (χ2n) is 5.98. The quantitative estimate of drug-likeness (QED) is 0.929. The summed E-state index contributed by atoms with van der Waals surface area (Å²) < 4.78 is 38.5. The summed E-state index contributed by atoms with van der Waals surface area (Å²) in [7, 11) is 0. The maximum atomic E-state index is 12.8. The number of likely N-dealkylation sites (tertiary alicyclic amines) is 1. The van der Waals surface area contributed by atoms with Gasteiger partial charge in [-0.15, -0.1) is 0 Å². The van der Waals surface area contributed by atoms with E-state index in [-0.39, 0.29) is 12.5 Å². The van der Waals surface area contributed by atoms with Crippen molar-refractivity contribution in [2.75, 3.05) is 19.6 Å². The van der Waals surface area contributed by atoms with E-state index in [1.165, 1.54) is 12.1 Å². The minimum atomic E-state index is -4.60. The molecule has 0 unspecified atom stereocenters. The van der Waals surface area contributed by atoms with Crippen molar-refractivity contribution in [2.24, 2.45) is 5.41 Å². The van der Waals surface area contributed by atoms with Crippen LogP contribution in [0.2, 0.25) is 0 Å². The van der Waals surface area contributed by atoms with Gasteiger partial charge in [0.2, 0.25) is 5.91 Å². The molecule has 0 atom stereocenters. The third-order valence-corrected chi connectivity index (χ3v) is 4.24. The predicted octanol–water partition coefficient (Wildman–Crippen LogP) is 2.06. The van der Waals surface area contributed by atoms with Crippen LogP contribution in [0.1, 0.15) is 28.8 Å². The summed E-state index contributed by atoms with van der Waals surface area (Å²) in [6.07, 6.45) is -2.35. The lowest BCUT2D eigenvalue weighted by molar-refractivity contribution is -0.138. The molecule has 1 aliphatic carbocycles. The van der Waals surface area contributed by atoms with Crippen molar-refractivity contribution in [3.05, 3.63) is 35.4 Å². The van der Waals surface area contributed by atoms with E-state index >= 15 is 0 Å². The fraction of sp³-hybridized carbons (Fsp3) is 0.467. The van der Waals surface area contributed by atoms with Gasteiger partial charge in [-0.25, -0.2) is 0 Å². The summed E-state index contributed by atoms with van der Waals surface area (Å²) in [5.74, 6) is -1.14. The number of rotatable bonds is 3. The Labute approximate surface area is 125 Å². The Hall–Kier alpha value is -2.05. The number of halogens is 3. The highest BCUT2D eigenvalue weighted by atomic mass is 19.4. The number of benzene rings is 1. The van der Waals surface area contributed by atoms with Crippen LogP contribution in [-0.4, -0.2) is 36.3 Å². The van der Waals surface area contributed by atoms with Gasteiger partial charge in [-0.05, 0) is 25.0 Å². The smallest absolute Gasteiger partial charge is 0.343 e. The molecular weight excluding hydrogens is 297 g/mol. The van der Waals surface area contributed by atoms with Crippen molar-refractivity contribution >= 4 is 11.8 Å². The van der Waals surface area contributed by atoms with E-state index < -0.39 is 23.2 Å². The minimum Gasteiger partial charge on any atom is -0.343 e. The maximum absolute atomic E-state index is 12.8. The Morgan fingerprint density at radius 3 is 2.41 bits per heavy atom. The Kier molecular flexibility index (Phi) is 3.38. The largest absolute Gasteiger partial charge is 0.417 e. The van der Waals surface area contributed by atoms with Crippen LogP contribution in [0.5, 0.6) is 0 Å². The topological polar surface area (TPSA) is 49.4 Å². The molecule has 1 aromatic carbocycles. The van der Waals surface area contributed by atoms with Gasteiger partial charge in [-0.1, -0.05) is 12.1 Å². The number of carbonyl (C=O) groups is 2. The molecule has 0 aromatic heterocycles. The van der Waals surface area contributed by atoms with Gasteiger partial charge in [0.1, 0.15) is 0 Å². The van der Waals surface area contributed by atoms with E-state index in [9.17, 15) is 22.8 Å². The van der Waals surface area contributed by atoms with E-state index in [0.29, 0.717) is 18.5 Å². The van der Waals surface area contributed by atoms with Crippen LogP contribution in [0.25, 0.3) is 0 Å². The zero-order valence-electron chi connectivity index (χ0n) is 11.7. The summed E-state index contributed by atoms with van der Waals surface area (Å²) >= 11 is 0. The molecule has 1 N–H and O–H groups in total. The molecule has 1 saturated carbocycles. The Morgan fingerprint density at radius 1 is 1.18 bits per heavy atom. The highest BCUT2D eigenvalue weighted by molar-refractivity contribution is 5.98. The lowest BCUT2D eigenvalue weighted by Gasteiger charge is -2.40. The van der Waals surface area contributed by atoms with Gasteiger partial charge in [-0.2, -0.15) is 13.2 Å². The number of nitrogens with zero attached hydrogens (tertiary/aromatic N) is 1. The number of amides is 2. The molecular formula is C15H15F3N2O2. The Bertz CT molecular complexity index is 615. The van der Waals surface area contributed by atoms with Crippen LogP contribution in [-0.2, 0) is 11.0 Å². The first-order chi connectivity index (χ1) is 10.3. The Morgan fingerprint density at radius 2 is 1.82 bits per heavy atom. The second kappa shape index (κ2) is 5.00. The first-order valence-corrected chi connectivity index (χ1v) is 7.03. The van der Waals surface area contributed by atoms with Crippen molar-refractivity contribution < 1.29 is 22.8 Å². The molecule has 22 heavy (non-hydrogen) atoms. The third-order valence-electron chi connectivity index (χ3n) is 4.24. The molecule has 1 spiro atoms. The van der Waals surface area contributed by atoms with Crippen molar-refractivity contribution in [2.45, 2.75) is 19.0 Å². The van der Waals surface area contributed by atoms with Gasteiger partial charge in [0.05, 0.1) is 17.7 Å². The number of carbonyl (C=O) groups excluding carboxylic acids is 2. The van der Waals surface area contributed by atoms with E-state index in [1.54, 1.807) is 4.90 Å². The van der Waals surface area contributed by atoms with Gasteiger partial charge >= 0.3 is 6.18 Å². The number of alkyl halides is 3. The van der Waals surface area contributed by atoms with Crippen molar-refractivity contribution in [1.82, 2.24) is 10.2 Å². The highest BCUT2D eigenvalue weighted by Gasteiger charge is 2.53. The SMILES string of the molecule is O=C(NCC(=O)N1CC2(CC2)C1)c1ccccc1C(F)(F)F. The molecule has 0 radical (unpaired) electrons. The lowest BCUT2D eigenvalue weighted by atomic mass is 9.97. The van der Waals surface area contributed by atoms with E-state index in [2.05, 4.69) is 5.32 Å². The fourth-order valence-electron chi connectivity index (χ4n) is 2.72. The zero-order chi connectivity index (χ0) is 16.0. The van der Waals surface area contributed by atoms with Crippen LogP contribution >= 0.6 is 0 Å². The monoisotopic (exact) mass is 312 g/mol. The van der Waals surface area contributed by atoms with E-state index in [0.717, 1.165) is 25.0 Å². The summed E-state index contributed by atoms with van der Waals surface area (Å²) in [6.45, 7) is 1.11. The summed E-state index contributed by atoms with van der Waals surface area (Å²) in [6, 6.07) is 4.53. The molecule has 0 bridgehead atoms. The molecule has 7 heteroatoms. The number of hydrogen-bond donors (Lipinski definition) is 1. The maximum Gasteiger partial charge on any atom is 0.417 e. The highest BCUT2D eigenvalue weighted by Crippen LogP contribution is 2.52. The summed E-state index contributed by atoms with van der Waals surface area (Å²) in [5.41, 5.74) is -1.16. The number of nitrogens with one attached hydrogen (secondary N) is 1. The third kappa shape index (κ3) is 2.80. The number of hydrogen-bond acceptors (Lipinski definition) is 2. The molecule has 4 nitrogen and oxygen atoms in total. The van der Waals surface area contributed by atoms with E-state index in [4.69, 9.17) is 0 Å². The first kappa shape index (κ1) is 14.9. The minimum absolute atomic E-state index is 0.254. The second-order valence-corrected chi connectivity index (χ2v) is 5.98. The van der Waals surface area contributed by atoms with Crippen molar-refractivity contribution in [3.8, 4) is 0 Å². The van der Waals surface area contributed by atoms with Gasteiger partial charge in [0.15, 0.2) is 0 Å². The fourth-order valence-corrected chi connectivity index (χ4v) is 2.72. The molecule has 3 rings (SSSR count). The predicted molar refractivity (Wildman–Crippen MR) is 72.0 cm³/mol. The van der Waals surface area contributed by atoms with Crippen LogP contribution in [0.15, 0.2) is 24.3 Å². The van der Waals surface area contributed by atoms with Crippen LogP contribution in [0.4, 0.5) is 13.2 Å². The molecule has 2 fully saturated rings. The molecule has 2 amide bonds. The summed E-state index contributed by atoms with van der Waals surface area (Å²) in [4.78, 5) is 25.4. The average Bonchev–Trinajstić information content (AvgIpc) is 3.22. The summed E-state index contributed by atoms with van der Waals surface area (Å²) in [5, 5.41) is 2.28. The van der Waals surface area contributed by atoms with Crippen LogP contribution in [0.3, 0.4) is 0 Å². The molecule has 1 aromatic rings. The van der Waals surface area contributed by atoms with Gasteiger partial charge in [0.25, 0.3) is 5.91 Å².